The highest BCUT2D eigenvalue weighted by molar-refractivity contribution is 5.83. The van der Waals surface area contributed by atoms with E-state index in [2.05, 4.69) is 0 Å². The molecule has 0 amide bonds. The molecule has 1 fully saturated rings. The first-order valence-corrected chi connectivity index (χ1v) is 12.6. The van der Waals surface area contributed by atoms with Gasteiger partial charge in [-0.25, -0.2) is 0 Å². The average Bonchev–Trinajstić information content (AvgIpc) is 3.22. The van der Waals surface area contributed by atoms with Crippen LogP contribution < -0.4 is 4.84 Å². The van der Waals surface area contributed by atoms with E-state index in [-0.39, 0.29) is 19.0 Å². The zero-order valence-corrected chi connectivity index (χ0v) is 22.9. The van der Waals surface area contributed by atoms with Crippen molar-refractivity contribution in [3.8, 4) is 0 Å². The molecule has 1 aliphatic rings. The highest BCUT2D eigenvalue weighted by Gasteiger charge is 2.53. The summed E-state index contributed by atoms with van der Waals surface area (Å²) in [4.78, 5) is 65.4. The van der Waals surface area contributed by atoms with E-state index in [0.29, 0.717) is 18.4 Å². The van der Waals surface area contributed by atoms with Crippen molar-refractivity contribution in [3.05, 3.63) is 36.0 Å². The molecule has 0 unspecified atom stereocenters. The highest BCUT2D eigenvalue weighted by atomic mass is 16.8. The van der Waals surface area contributed by atoms with E-state index in [4.69, 9.17) is 33.3 Å². The Hall–Kier alpha value is -4.13. The molecule has 40 heavy (non-hydrogen) atoms. The zero-order chi connectivity index (χ0) is 29.4. The van der Waals surface area contributed by atoms with Crippen molar-refractivity contribution >= 4 is 40.7 Å². The summed E-state index contributed by atoms with van der Waals surface area (Å²) in [6.07, 6.45) is -3.55. The summed E-state index contributed by atoms with van der Waals surface area (Å²) >= 11 is 0. The summed E-state index contributed by atoms with van der Waals surface area (Å²) in [5.41, 5.74) is 1.51. The van der Waals surface area contributed by atoms with Crippen molar-refractivity contribution in [1.82, 2.24) is 4.73 Å². The van der Waals surface area contributed by atoms with Crippen molar-refractivity contribution in [2.75, 3.05) is 13.7 Å². The van der Waals surface area contributed by atoms with Crippen LogP contribution >= 0.6 is 0 Å². The molecule has 5 atom stereocenters. The van der Waals surface area contributed by atoms with Crippen LogP contribution in [-0.2, 0) is 58.8 Å². The number of hydrogen-bond donors (Lipinski definition) is 0. The molecule has 0 spiro atoms. The van der Waals surface area contributed by atoms with Crippen LogP contribution in [0, 0.1) is 0 Å². The molecule has 218 valence electrons. The van der Waals surface area contributed by atoms with Gasteiger partial charge >= 0.3 is 29.8 Å². The van der Waals surface area contributed by atoms with Crippen LogP contribution in [0.4, 0.5) is 0 Å². The summed E-state index contributed by atoms with van der Waals surface area (Å²) in [6, 6.07) is 7.33. The van der Waals surface area contributed by atoms with Crippen molar-refractivity contribution in [3.63, 3.8) is 0 Å². The number of benzene rings is 1. The first-order valence-electron chi connectivity index (χ1n) is 12.6. The molecular weight excluding hydrogens is 530 g/mol. The van der Waals surface area contributed by atoms with E-state index in [0.717, 1.165) is 31.7 Å². The fourth-order valence-electron chi connectivity index (χ4n) is 4.42. The SMILES string of the molecule is COC(=O)CCCc1cn(O[C@@H]2O[C@H](COC(C)=O)[C@@H](OC(C)=O)[C@H](OC(C)=O)[C@H]2OC(C)=O)c2ccccc12. The van der Waals surface area contributed by atoms with Gasteiger partial charge < -0.3 is 33.3 Å². The lowest BCUT2D eigenvalue weighted by molar-refractivity contribution is -0.306. The minimum atomic E-state index is -1.39. The van der Waals surface area contributed by atoms with Crippen LogP contribution in [0.2, 0.25) is 0 Å². The molecule has 2 heterocycles. The van der Waals surface area contributed by atoms with Gasteiger partial charge in [-0.2, -0.15) is 4.73 Å². The molecule has 1 aromatic heterocycles. The topological polar surface area (TPSA) is 155 Å². The van der Waals surface area contributed by atoms with Crippen LogP contribution in [0.5, 0.6) is 0 Å². The number of aryl methyl sites for hydroxylation is 1. The fraction of sp³-hybridized carbons (Fsp3) is 0.519. The Labute approximate surface area is 230 Å². The number of aromatic nitrogens is 1. The first kappa shape index (κ1) is 30.4. The Kier molecular flexibility index (Phi) is 10.5. The smallest absolute Gasteiger partial charge is 0.305 e. The van der Waals surface area contributed by atoms with Crippen LogP contribution in [-0.4, -0.2) is 79.0 Å². The minimum Gasteiger partial charge on any atom is -0.469 e. The molecule has 1 aliphatic heterocycles. The lowest BCUT2D eigenvalue weighted by atomic mass is 9.98. The lowest BCUT2D eigenvalue weighted by Gasteiger charge is -2.43. The van der Waals surface area contributed by atoms with Gasteiger partial charge in [0.05, 0.1) is 12.6 Å². The number of carbonyl (C=O) groups is 5. The maximum absolute atomic E-state index is 12.1. The Morgan fingerprint density at radius 1 is 0.850 bits per heavy atom. The Balaban J connectivity index is 2.00. The van der Waals surface area contributed by atoms with E-state index in [1.807, 2.05) is 12.1 Å². The molecular formula is C27H33NO12. The summed E-state index contributed by atoms with van der Waals surface area (Å²) in [7, 11) is 1.33. The van der Waals surface area contributed by atoms with Gasteiger partial charge in [-0.15, -0.1) is 0 Å². The second-order valence-electron chi connectivity index (χ2n) is 9.10. The van der Waals surface area contributed by atoms with Crippen LogP contribution in [0.25, 0.3) is 10.9 Å². The van der Waals surface area contributed by atoms with Gasteiger partial charge in [0.1, 0.15) is 12.7 Å². The van der Waals surface area contributed by atoms with Gasteiger partial charge in [-0.05, 0) is 24.5 Å². The molecule has 0 aliphatic carbocycles. The first-order chi connectivity index (χ1) is 19.0. The summed E-state index contributed by atoms with van der Waals surface area (Å²) in [5, 5.41) is 0.845. The van der Waals surface area contributed by atoms with E-state index in [1.165, 1.54) is 18.8 Å². The van der Waals surface area contributed by atoms with Crippen molar-refractivity contribution in [1.29, 1.82) is 0 Å². The monoisotopic (exact) mass is 563 g/mol. The number of fused-ring (bicyclic) bond motifs is 1. The average molecular weight is 564 g/mol. The summed E-state index contributed by atoms with van der Waals surface area (Å²) in [5.74, 6) is -3.16. The van der Waals surface area contributed by atoms with Gasteiger partial charge in [0.2, 0.25) is 6.10 Å². The third-order valence-corrected chi connectivity index (χ3v) is 5.98. The number of hydrogen-bond acceptors (Lipinski definition) is 12. The number of esters is 5. The van der Waals surface area contributed by atoms with E-state index in [9.17, 15) is 24.0 Å². The van der Waals surface area contributed by atoms with Gasteiger partial charge in [-0.3, -0.25) is 24.0 Å². The molecule has 0 saturated carbocycles. The number of para-hydroxylation sites is 1. The third kappa shape index (κ3) is 7.94. The van der Waals surface area contributed by atoms with Gasteiger partial charge in [-0.1, -0.05) is 18.2 Å². The maximum atomic E-state index is 12.1. The van der Waals surface area contributed by atoms with E-state index < -0.39 is 54.6 Å². The molecule has 0 radical (unpaired) electrons. The van der Waals surface area contributed by atoms with Crippen molar-refractivity contribution < 1.29 is 57.2 Å². The Bertz CT molecular complexity index is 1240. The lowest BCUT2D eigenvalue weighted by Crippen LogP contribution is -2.64. The van der Waals surface area contributed by atoms with Crippen LogP contribution in [0.1, 0.15) is 46.1 Å². The number of ether oxygens (including phenoxy) is 6. The van der Waals surface area contributed by atoms with Gasteiger partial charge in [0, 0.05) is 45.7 Å². The predicted octanol–water partition coefficient (Wildman–Crippen LogP) is 1.65. The Morgan fingerprint density at radius 2 is 1.48 bits per heavy atom. The second-order valence-corrected chi connectivity index (χ2v) is 9.10. The molecule has 0 bridgehead atoms. The number of rotatable bonds is 11. The van der Waals surface area contributed by atoms with Crippen LogP contribution in [0.15, 0.2) is 30.5 Å². The molecule has 1 aromatic carbocycles. The van der Waals surface area contributed by atoms with Crippen molar-refractivity contribution in [2.24, 2.45) is 0 Å². The van der Waals surface area contributed by atoms with E-state index >= 15 is 0 Å². The highest BCUT2D eigenvalue weighted by Crippen LogP contribution is 2.30. The quantitative estimate of drug-likeness (QED) is 0.288. The molecule has 3 rings (SSSR count). The summed E-state index contributed by atoms with van der Waals surface area (Å²) in [6.45, 7) is 4.25. The second kappa shape index (κ2) is 13.8. The Morgan fingerprint density at radius 3 is 2.10 bits per heavy atom. The van der Waals surface area contributed by atoms with Crippen molar-refractivity contribution in [2.45, 2.75) is 77.7 Å². The molecule has 13 heteroatoms. The number of nitrogens with zero attached hydrogens (tertiary/aromatic N) is 1. The molecule has 2 aromatic rings. The van der Waals surface area contributed by atoms with Gasteiger partial charge in [0.15, 0.2) is 12.2 Å². The normalized spacial score (nSPS) is 22.2. The minimum absolute atomic E-state index is 0.233. The number of carbonyl (C=O) groups excluding carboxylic acids is 5. The summed E-state index contributed by atoms with van der Waals surface area (Å²) < 4.78 is 33.6. The fourth-order valence-corrected chi connectivity index (χ4v) is 4.42. The molecule has 1 saturated heterocycles. The maximum Gasteiger partial charge on any atom is 0.305 e. The van der Waals surface area contributed by atoms with E-state index in [1.54, 1.807) is 18.3 Å². The zero-order valence-electron chi connectivity index (χ0n) is 22.9. The molecule has 13 nitrogen and oxygen atoms in total. The molecule has 0 N–H and O–H groups in total. The van der Waals surface area contributed by atoms with Crippen LogP contribution in [0.3, 0.4) is 0 Å². The third-order valence-electron chi connectivity index (χ3n) is 5.98. The number of methoxy groups -OCH3 is 1. The largest absolute Gasteiger partial charge is 0.469 e. The predicted molar refractivity (Wildman–Crippen MR) is 135 cm³/mol. The standard InChI is InChI=1S/C27H33NO12/c1-15(29)35-14-22-24(36-16(2)30)25(37-17(3)31)26(38-18(4)32)27(39-22)40-28-13-19(9-8-12-23(33)34-5)20-10-6-7-11-21(20)28/h6-7,10-11,13,22,24-27H,8-9,12,14H2,1-5H3/t22-,24-,25+,26-,27+/m1/s1. The van der Waals surface area contributed by atoms with Gasteiger partial charge in [0.25, 0.3) is 6.29 Å².